The summed E-state index contributed by atoms with van der Waals surface area (Å²) in [5.41, 5.74) is -0.198. The van der Waals surface area contributed by atoms with Crippen molar-refractivity contribution in [3.05, 3.63) is 84.4 Å². The van der Waals surface area contributed by atoms with Gasteiger partial charge in [-0.3, -0.25) is 0 Å². The van der Waals surface area contributed by atoms with E-state index < -0.39 is 20.0 Å². The van der Waals surface area contributed by atoms with Crippen LogP contribution >= 0.6 is 0 Å². The molecule has 0 fully saturated rings. The normalized spacial score (nSPS) is 11.4. The Labute approximate surface area is 169 Å². The molecule has 0 spiro atoms. The summed E-state index contributed by atoms with van der Waals surface area (Å²) < 4.78 is 59.2. The Morgan fingerprint density at radius 2 is 1.28 bits per heavy atom. The smallest absolute Gasteiger partial charge is 0.277 e. The molecule has 0 radical (unpaired) electrons. The van der Waals surface area contributed by atoms with E-state index in [1.54, 1.807) is 12.1 Å². The van der Waals surface area contributed by atoms with Crippen LogP contribution in [0.5, 0.6) is 5.75 Å². The standard InChI is InChI=1S/C20H16N2O5S2/c1-27-20-13-12-16(15-21)14-19(20)22(28(23,24)17-8-4-2-5-9-17)29(25,26)18-10-6-3-7-11-18/h2-14H,1H3. The van der Waals surface area contributed by atoms with Crippen LogP contribution in [0.1, 0.15) is 5.56 Å². The molecule has 3 rings (SSSR count). The maximum Gasteiger partial charge on any atom is 0.277 e. The molecule has 0 saturated heterocycles. The Morgan fingerprint density at radius 3 is 1.69 bits per heavy atom. The lowest BCUT2D eigenvalue weighted by molar-refractivity contribution is 0.416. The predicted molar refractivity (Wildman–Crippen MR) is 107 cm³/mol. The van der Waals surface area contributed by atoms with Gasteiger partial charge in [0, 0.05) is 0 Å². The van der Waals surface area contributed by atoms with Crippen molar-refractivity contribution in [1.29, 1.82) is 5.26 Å². The third kappa shape index (κ3) is 3.81. The van der Waals surface area contributed by atoms with Crippen molar-refractivity contribution >= 4 is 25.7 Å². The van der Waals surface area contributed by atoms with Crippen LogP contribution in [0.4, 0.5) is 5.69 Å². The molecule has 0 aliphatic rings. The van der Waals surface area contributed by atoms with E-state index in [0.29, 0.717) is 3.71 Å². The van der Waals surface area contributed by atoms with Gasteiger partial charge in [0.25, 0.3) is 20.0 Å². The topological polar surface area (TPSA) is 105 Å². The van der Waals surface area contributed by atoms with Gasteiger partial charge in [-0.15, -0.1) is 0 Å². The monoisotopic (exact) mass is 428 g/mol. The van der Waals surface area contributed by atoms with Crippen molar-refractivity contribution in [2.24, 2.45) is 0 Å². The van der Waals surface area contributed by atoms with Gasteiger partial charge in [-0.1, -0.05) is 36.4 Å². The van der Waals surface area contributed by atoms with Crippen LogP contribution < -0.4 is 8.45 Å². The minimum absolute atomic E-state index is 0.0111. The zero-order valence-electron chi connectivity index (χ0n) is 15.3. The van der Waals surface area contributed by atoms with E-state index in [9.17, 15) is 22.1 Å². The van der Waals surface area contributed by atoms with Gasteiger partial charge in [0.2, 0.25) is 0 Å². The van der Waals surface area contributed by atoms with Gasteiger partial charge >= 0.3 is 0 Å². The first-order valence-corrected chi connectivity index (χ1v) is 11.2. The zero-order valence-corrected chi connectivity index (χ0v) is 16.9. The molecule has 0 aromatic heterocycles. The molecular weight excluding hydrogens is 412 g/mol. The number of ether oxygens (including phenoxy) is 1. The highest BCUT2D eigenvalue weighted by Gasteiger charge is 2.38. The van der Waals surface area contributed by atoms with Gasteiger partial charge in [0.15, 0.2) is 0 Å². The fourth-order valence-corrected chi connectivity index (χ4v) is 6.40. The second-order valence-electron chi connectivity index (χ2n) is 5.83. The van der Waals surface area contributed by atoms with Crippen LogP contribution in [-0.2, 0) is 20.0 Å². The van der Waals surface area contributed by atoms with Gasteiger partial charge in [0.1, 0.15) is 11.4 Å². The first-order chi connectivity index (χ1) is 13.8. The average molecular weight is 428 g/mol. The largest absolute Gasteiger partial charge is 0.495 e. The second-order valence-corrected chi connectivity index (χ2v) is 9.64. The second kappa shape index (κ2) is 7.95. The summed E-state index contributed by atoms with van der Waals surface area (Å²) in [6, 6.07) is 20.2. The number of hydrogen-bond acceptors (Lipinski definition) is 6. The first kappa shape index (κ1) is 20.4. The SMILES string of the molecule is COc1ccc(C#N)cc1N(S(=O)(=O)c1ccccc1)S(=O)(=O)c1ccccc1. The minimum Gasteiger partial charge on any atom is -0.495 e. The molecule has 7 nitrogen and oxygen atoms in total. The van der Waals surface area contributed by atoms with Crippen LogP contribution in [0.15, 0.2) is 88.7 Å². The predicted octanol–water partition coefficient (Wildman–Crippen LogP) is 3.15. The summed E-state index contributed by atoms with van der Waals surface area (Å²) in [5, 5.41) is 9.24. The van der Waals surface area contributed by atoms with Gasteiger partial charge < -0.3 is 4.74 Å². The number of sulfonamides is 2. The molecule has 0 saturated carbocycles. The van der Waals surface area contributed by atoms with E-state index in [1.807, 2.05) is 6.07 Å². The summed E-state index contributed by atoms with van der Waals surface area (Å²) in [4.78, 5) is -0.437. The van der Waals surface area contributed by atoms with E-state index in [1.165, 1.54) is 73.8 Å². The highest BCUT2D eigenvalue weighted by Crippen LogP contribution is 2.37. The lowest BCUT2D eigenvalue weighted by Crippen LogP contribution is -2.37. The fourth-order valence-electron chi connectivity index (χ4n) is 2.67. The van der Waals surface area contributed by atoms with E-state index >= 15 is 0 Å². The van der Waals surface area contributed by atoms with Crippen LogP contribution in [0, 0.1) is 11.3 Å². The molecule has 29 heavy (non-hydrogen) atoms. The van der Waals surface area contributed by atoms with Crippen LogP contribution in [0.25, 0.3) is 0 Å². The molecule has 0 heterocycles. The summed E-state index contributed by atoms with van der Waals surface area (Å²) in [6.07, 6.45) is 0. The summed E-state index contributed by atoms with van der Waals surface area (Å²) in [5.74, 6) is -0.0111. The van der Waals surface area contributed by atoms with Gasteiger partial charge in [0.05, 0.1) is 28.5 Å². The van der Waals surface area contributed by atoms with Gasteiger partial charge in [-0.05, 0) is 42.5 Å². The van der Waals surface area contributed by atoms with Crippen LogP contribution in [-0.4, -0.2) is 23.9 Å². The Balaban J connectivity index is 2.37. The number of hydrogen-bond donors (Lipinski definition) is 0. The number of methoxy groups -OCH3 is 1. The van der Waals surface area contributed by atoms with E-state index in [4.69, 9.17) is 4.74 Å². The number of nitrogens with zero attached hydrogens (tertiary/aromatic N) is 2. The average Bonchev–Trinajstić information content (AvgIpc) is 2.74. The number of anilines is 1. The van der Waals surface area contributed by atoms with E-state index in [2.05, 4.69) is 0 Å². The lowest BCUT2D eigenvalue weighted by atomic mass is 10.2. The Kier molecular flexibility index (Phi) is 5.59. The molecule has 0 aliphatic carbocycles. The number of nitriles is 1. The van der Waals surface area contributed by atoms with Crippen molar-refractivity contribution in [3.8, 4) is 11.8 Å². The zero-order chi connectivity index (χ0) is 21.1. The summed E-state index contributed by atoms with van der Waals surface area (Å²) in [6.45, 7) is 0. The Hall–Kier alpha value is -3.35. The summed E-state index contributed by atoms with van der Waals surface area (Å²) in [7, 11) is -7.84. The number of benzene rings is 3. The van der Waals surface area contributed by atoms with Crippen molar-refractivity contribution in [1.82, 2.24) is 0 Å². The molecule has 0 aliphatic heterocycles. The molecule has 9 heteroatoms. The molecular formula is C20H16N2O5S2. The van der Waals surface area contributed by atoms with Gasteiger partial charge in [-0.2, -0.15) is 8.97 Å². The Morgan fingerprint density at radius 1 is 0.793 bits per heavy atom. The highest BCUT2D eigenvalue weighted by atomic mass is 32.3. The molecule has 0 atom stereocenters. The molecule has 0 amide bonds. The fraction of sp³-hybridized carbons (Fsp3) is 0.0500. The van der Waals surface area contributed by atoms with Crippen LogP contribution in [0.3, 0.4) is 0 Å². The molecule has 0 N–H and O–H groups in total. The quantitative estimate of drug-likeness (QED) is 0.597. The summed E-state index contributed by atoms with van der Waals surface area (Å²) >= 11 is 0. The van der Waals surface area contributed by atoms with Crippen molar-refractivity contribution in [3.63, 3.8) is 0 Å². The van der Waals surface area contributed by atoms with Crippen molar-refractivity contribution in [2.75, 3.05) is 10.8 Å². The third-order valence-corrected chi connectivity index (χ3v) is 8.20. The van der Waals surface area contributed by atoms with E-state index in [-0.39, 0.29) is 26.8 Å². The van der Waals surface area contributed by atoms with Crippen LogP contribution in [0.2, 0.25) is 0 Å². The maximum absolute atomic E-state index is 13.4. The van der Waals surface area contributed by atoms with Crippen molar-refractivity contribution < 1.29 is 21.6 Å². The lowest BCUT2D eigenvalue weighted by Gasteiger charge is -2.25. The van der Waals surface area contributed by atoms with E-state index in [0.717, 1.165) is 0 Å². The third-order valence-electron chi connectivity index (χ3n) is 4.02. The molecule has 0 bridgehead atoms. The molecule has 3 aromatic carbocycles. The minimum atomic E-state index is -4.56. The highest BCUT2D eigenvalue weighted by molar-refractivity contribution is 8.10. The van der Waals surface area contributed by atoms with Gasteiger partial charge in [-0.25, -0.2) is 16.8 Å². The first-order valence-electron chi connectivity index (χ1n) is 8.31. The molecule has 148 valence electrons. The molecule has 3 aromatic rings. The Bertz CT molecular complexity index is 1200. The molecule has 0 unspecified atom stereocenters. The van der Waals surface area contributed by atoms with Crippen molar-refractivity contribution in [2.45, 2.75) is 9.79 Å². The maximum atomic E-state index is 13.4. The number of rotatable bonds is 6.